The third kappa shape index (κ3) is 2.07. The molecule has 1 saturated heterocycles. The zero-order valence-electron chi connectivity index (χ0n) is 14.0. The van der Waals surface area contributed by atoms with Crippen molar-refractivity contribution in [2.45, 2.75) is 32.7 Å². The minimum Gasteiger partial charge on any atom is -0.444 e. The van der Waals surface area contributed by atoms with Crippen LogP contribution in [-0.4, -0.2) is 28.5 Å². The van der Waals surface area contributed by atoms with E-state index in [1.54, 1.807) is 6.26 Å². The lowest BCUT2D eigenvalue weighted by Gasteiger charge is -2.27. The summed E-state index contributed by atoms with van der Waals surface area (Å²) in [6.07, 6.45) is 4.18. The van der Waals surface area contributed by atoms with Crippen molar-refractivity contribution in [1.29, 1.82) is 0 Å². The van der Waals surface area contributed by atoms with Gasteiger partial charge in [-0.05, 0) is 62.1 Å². The van der Waals surface area contributed by atoms with Crippen LogP contribution in [-0.2, 0) is 0 Å². The summed E-state index contributed by atoms with van der Waals surface area (Å²) in [6.45, 7) is 4.85. The molecule has 5 heteroatoms. The molecule has 4 atom stereocenters. The number of carbonyl (C=O) groups is 1. The van der Waals surface area contributed by atoms with Crippen molar-refractivity contribution in [1.82, 2.24) is 9.88 Å². The predicted octanol–water partition coefficient (Wildman–Crippen LogP) is 3.83. The fourth-order valence-electron chi connectivity index (χ4n) is 4.67. The van der Waals surface area contributed by atoms with Crippen LogP contribution in [0.5, 0.6) is 0 Å². The number of aromatic nitrogens is 1. The monoisotopic (exact) mass is 323 g/mol. The largest absolute Gasteiger partial charge is 0.444 e. The minimum absolute atomic E-state index is 0.0336. The van der Waals surface area contributed by atoms with Gasteiger partial charge in [-0.3, -0.25) is 0 Å². The third-order valence-corrected chi connectivity index (χ3v) is 5.97. The lowest BCUT2D eigenvalue weighted by atomic mass is 10.1. The third-order valence-electron chi connectivity index (χ3n) is 5.97. The molecule has 1 aromatic carbocycles. The van der Waals surface area contributed by atoms with Gasteiger partial charge in [0.2, 0.25) is 5.89 Å². The number of hydrogen-bond acceptors (Lipinski definition) is 3. The van der Waals surface area contributed by atoms with E-state index >= 15 is 0 Å². The number of oxazole rings is 1. The Balaban J connectivity index is 1.37. The van der Waals surface area contributed by atoms with E-state index in [0.717, 1.165) is 46.8 Å². The highest BCUT2D eigenvalue weighted by Crippen LogP contribution is 2.61. The van der Waals surface area contributed by atoms with Gasteiger partial charge in [0.15, 0.2) is 0 Å². The first-order valence-electron chi connectivity index (χ1n) is 8.71. The molecule has 1 N–H and O–H groups in total. The molecule has 3 fully saturated rings. The van der Waals surface area contributed by atoms with Crippen LogP contribution in [0.4, 0.5) is 10.5 Å². The Morgan fingerprint density at radius 1 is 1.29 bits per heavy atom. The van der Waals surface area contributed by atoms with E-state index in [1.165, 1.54) is 12.8 Å². The van der Waals surface area contributed by atoms with E-state index in [2.05, 4.69) is 10.3 Å². The number of nitrogens with zero attached hydrogens (tertiary/aromatic N) is 2. The van der Waals surface area contributed by atoms with E-state index in [1.807, 2.05) is 36.9 Å². The first-order chi connectivity index (χ1) is 11.6. The Morgan fingerprint density at radius 2 is 2.17 bits per heavy atom. The van der Waals surface area contributed by atoms with Gasteiger partial charge in [0.1, 0.15) is 6.26 Å². The van der Waals surface area contributed by atoms with E-state index in [9.17, 15) is 4.79 Å². The Hall–Kier alpha value is -2.30. The first kappa shape index (κ1) is 14.1. The number of anilines is 1. The van der Waals surface area contributed by atoms with Crippen molar-refractivity contribution >= 4 is 11.7 Å². The van der Waals surface area contributed by atoms with E-state index in [-0.39, 0.29) is 6.03 Å². The van der Waals surface area contributed by atoms with Gasteiger partial charge in [0.05, 0.1) is 5.69 Å². The first-order valence-corrected chi connectivity index (χ1v) is 8.71. The van der Waals surface area contributed by atoms with Crippen LogP contribution in [0.2, 0.25) is 0 Å². The highest BCUT2D eigenvalue weighted by Gasteiger charge is 2.61. The van der Waals surface area contributed by atoms with Crippen LogP contribution in [0.1, 0.15) is 24.1 Å². The van der Waals surface area contributed by atoms with E-state index < -0.39 is 0 Å². The standard InChI is InChI=1S/C19H21N3O2/c1-10-3-4-13(6-14(10)18-20-11(2)9-24-18)21-19(23)22-8-12-5-17(22)16-7-15(12)16/h3-4,6,9,12,15-17H,5,7-8H2,1-2H3,(H,21,23)/t12-,15+,16+,17?/m1/s1. The van der Waals surface area contributed by atoms with Crippen LogP contribution in [0, 0.1) is 31.6 Å². The number of benzene rings is 1. The molecule has 2 heterocycles. The summed E-state index contributed by atoms with van der Waals surface area (Å²) < 4.78 is 5.52. The summed E-state index contributed by atoms with van der Waals surface area (Å²) in [4.78, 5) is 19.1. The number of carbonyl (C=O) groups excluding carboxylic acids is 1. The molecule has 5 nitrogen and oxygen atoms in total. The van der Waals surface area contributed by atoms with Gasteiger partial charge in [-0.25, -0.2) is 9.78 Å². The molecule has 2 aromatic rings. The van der Waals surface area contributed by atoms with E-state index in [0.29, 0.717) is 11.9 Å². The molecule has 124 valence electrons. The van der Waals surface area contributed by atoms with Gasteiger partial charge in [0, 0.05) is 23.8 Å². The number of likely N-dealkylation sites (tertiary alicyclic amines) is 1. The number of amides is 2. The molecular formula is C19H21N3O2. The molecule has 1 aromatic heterocycles. The number of fused-ring (bicyclic) bond motifs is 5. The Morgan fingerprint density at radius 3 is 2.88 bits per heavy atom. The molecule has 24 heavy (non-hydrogen) atoms. The zero-order valence-corrected chi connectivity index (χ0v) is 14.0. The highest BCUT2D eigenvalue weighted by molar-refractivity contribution is 5.90. The fourth-order valence-corrected chi connectivity index (χ4v) is 4.67. The van der Waals surface area contributed by atoms with Crippen molar-refractivity contribution in [3.05, 3.63) is 35.7 Å². The quantitative estimate of drug-likeness (QED) is 0.914. The number of urea groups is 1. The smallest absolute Gasteiger partial charge is 0.322 e. The number of hydrogen-bond donors (Lipinski definition) is 1. The summed E-state index contributed by atoms with van der Waals surface area (Å²) in [5, 5.41) is 3.07. The Kier molecular flexibility index (Phi) is 2.84. The second-order valence-corrected chi connectivity index (χ2v) is 7.53. The number of piperidine rings is 1. The van der Waals surface area contributed by atoms with Crippen LogP contribution < -0.4 is 5.32 Å². The van der Waals surface area contributed by atoms with Crippen molar-refractivity contribution in [3.8, 4) is 11.5 Å². The van der Waals surface area contributed by atoms with Crippen molar-refractivity contribution in [3.63, 3.8) is 0 Å². The van der Waals surface area contributed by atoms with Gasteiger partial charge in [-0.2, -0.15) is 0 Å². The predicted molar refractivity (Wildman–Crippen MR) is 90.6 cm³/mol. The SMILES string of the molecule is Cc1coc(-c2cc(NC(=O)N3C[C@H]4CC3[C@H]3C[C@@H]43)ccc2C)n1. The van der Waals surface area contributed by atoms with Crippen LogP contribution in [0.15, 0.2) is 28.9 Å². The summed E-state index contributed by atoms with van der Waals surface area (Å²) in [6, 6.07) is 6.40. The lowest BCUT2D eigenvalue weighted by molar-refractivity contribution is 0.190. The van der Waals surface area contributed by atoms with Crippen LogP contribution in [0.25, 0.3) is 11.5 Å². The molecule has 1 aliphatic heterocycles. The number of rotatable bonds is 2. The fraction of sp³-hybridized carbons (Fsp3) is 0.474. The second-order valence-electron chi connectivity index (χ2n) is 7.53. The molecule has 3 aliphatic rings. The van der Waals surface area contributed by atoms with Crippen molar-refractivity contribution < 1.29 is 9.21 Å². The van der Waals surface area contributed by atoms with Crippen molar-refractivity contribution in [2.75, 3.05) is 11.9 Å². The average Bonchev–Trinajstić information content (AvgIpc) is 2.92. The average molecular weight is 323 g/mol. The lowest BCUT2D eigenvalue weighted by Crippen LogP contribution is -2.41. The van der Waals surface area contributed by atoms with Gasteiger partial charge in [-0.15, -0.1) is 0 Å². The summed E-state index contributed by atoms with van der Waals surface area (Å²) in [5.74, 6) is 3.04. The summed E-state index contributed by atoms with van der Waals surface area (Å²) in [5.41, 5.74) is 3.65. The Bertz CT molecular complexity index is 828. The normalized spacial score (nSPS) is 29.7. The molecule has 1 unspecified atom stereocenters. The summed E-state index contributed by atoms with van der Waals surface area (Å²) in [7, 11) is 0. The van der Waals surface area contributed by atoms with Crippen LogP contribution in [0.3, 0.4) is 0 Å². The molecule has 5 rings (SSSR count). The van der Waals surface area contributed by atoms with Crippen molar-refractivity contribution in [2.24, 2.45) is 17.8 Å². The topological polar surface area (TPSA) is 58.4 Å². The number of aryl methyl sites for hydroxylation is 2. The molecule has 2 amide bonds. The van der Waals surface area contributed by atoms with Crippen LogP contribution >= 0.6 is 0 Å². The molecular weight excluding hydrogens is 302 g/mol. The molecule has 2 bridgehead atoms. The van der Waals surface area contributed by atoms with Gasteiger partial charge < -0.3 is 14.6 Å². The highest BCUT2D eigenvalue weighted by atomic mass is 16.3. The molecule has 2 aliphatic carbocycles. The molecule has 2 saturated carbocycles. The summed E-state index contributed by atoms with van der Waals surface area (Å²) >= 11 is 0. The molecule has 0 radical (unpaired) electrons. The Labute approximate surface area is 141 Å². The molecule has 0 spiro atoms. The maximum Gasteiger partial charge on any atom is 0.322 e. The maximum atomic E-state index is 12.7. The van der Waals surface area contributed by atoms with Gasteiger partial charge in [-0.1, -0.05) is 6.07 Å². The van der Waals surface area contributed by atoms with E-state index in [4.69, 9.17) is 4.42 Å². The minimum atomic E-state index is 0.0336. The maximum absolute atomic E-state index is 12.7. The van der Waals surface area contributed by atoms with Gasteiger partial charge >= 0.3 is 6.03 Å². The van der Waals surface area contributed by atoms with Gasteiger partial charge in [0.25, 0.3) is 0 Å². The zero-order chi connectivity index (χ0) is 16.4. The second kappa shape index (κ2) is 4.85. The number of nitrogens with one attached hydrogen (secondary N) is 1.